The summed E-state index contributed by atoms with van der Waals surface area (Å²) in [6.07, 6.45) is 0. The van der Waals surface area contributed by atoms with E-state index in [4.69, 9.17) is 9.47 Å². The van der Waals surface area contributed by atoms with Crippen LogP contribution in [-0.4, -0.2) is 43.4 Å². The van der Waals surface area contributed by atoms with Crippen molar-refractivity contribution in [3.05, 3.63) is 59.4 Å². The number of hydrogen-bond acceptors (Lipinski definition) is 5. The minimum Gasteiger partial charge on any atom is -0.493 e. The second-order valence-electron chi connectivity index (χ2n) is 6.45. The van der Waals surface area contributed by atoms with E-state index in [2.05, 4.69) is 5.32 Å². The van der Waals surface area contributed by atoms with Gasteiger partial charge in [0.2, 0.25) is 0 Å². The molecule has 3 rings (SSSR count). The Bertz CT molecular complexity index is 944. The quantitative estimate of drug-likeness (QED) is 0.609. The molecule has 0 radical (unpaired) electrons. The van der Waals surface area contributed by atoms with Crippen molar-refractivity contribution < 1.29 is 28.2 Å². The molecule has 2 aromatic carbocycles. The molecule has 0 unspecified atom stereocenters. The number of Topliss-reactive ketones (excluding diaryl/α,β-unsaturated/α-hetero) is 1. The highest BCUT2D eigenvalue weighted by Gasteiger charge is 2.49. The lowest BCUT2D eigenvalue weighted by atomic mass is 9.91. The van der Waals surface area contributed by atoms with Crippen molar-refractivity contribution in [2.75, 3.05) is 20.8 Å². The molecule has 1 N–H and O–H groups in total. The first-order chi connectivity index (χ1) is 13.3. The van der Waals surface area contributed by atoms with Gasteiger partial charge in [0.1, 0.15) is 11.4 Å². The second-order valence-corrected chi connectivity index (χ2v) is 6.45. The van der Waals surface area contributed by atoms with Gasteiger partial charge in [-0.3, -0.25) is 14.5 Å². The summed E-state index contributed by atoms with van der Waals surface area (Å²) in [5, 5.41) is 2.63. The molecule has 146 valence electrons. The van der Waals surface area contributed by atoms with Crippen molar-refractivity contribution in [3.63, 3.8) is 0 Å². The average Bonchev–Trinajstić information content (AvgIpc) is 2.91. The van der Waals surface area contributed by atoms with E-state index in [1.807, 2.05) is 0 Å². The van der Waals surface area contributed by atoms with E-state index in [0.29, 0.717) is 17.1 Å². The molecule has 0 bridgehead atoms. The third-order valence-electron chi connectivity index (χ3n) is 4.70. The number of amides is 3. The van der Waals surface area contributed by atoms with Crippen LogP contribution >= 0.6 is 0 Å². The molecule has 0 spiro atoms. The Morgan fingerprint density at radius 3 is 2.32 bits per heavy atom. The minimum absolute atomic E-state index is 0.210. The van der Waals surface area contributed by atoms with E-state index in [9.17, 15) is 18.8 Å². The minimum atomic E-state index is -1.36. The van der Waals surface area contributed by atoms with Gasteiger partial charge in [0.15, 0.2) is 17.3 Å². The number of hydrogen-bond donors (Lipinski definition) is 1. The standard InChI is InChI=1S/C20H19FN2O5/c1-20(13-6-9-16(27-2)17(10-13)28-3)18(25)23(19(26)22-20)11-15(24)12-4-7-14(21)8-5-12/h4-10H,11H2,1-3H3,(H,22,26)/t20-/m0/s1. The summed E-state index contributed by atoms with van der Waals surface area (Å²) in [4.78, 5) is 38.6. The molecule has 0 saturated carbocycles. The number of nitrogens with zero attached hydrogens (tertiary/aromatic N) is 1. The van der Waals surface area contributed by atoms with Crippen molar-refractivity contribution in [1.29, 1.82) is 0 Å². The van der Waals surface area contributed by atoms with E-state index in [-0.39, 0.29) is 5.56 Å². The lowest BCUT2D eigenvalue weighted by Crippen LogP contribution is -2.41. The van der Waals surface area contributed by atoms with Crippen LogP contribution in [0.15, 0.2) is 42.5 Å². The zero-order chi connectivity index (χ0) is 20.5. The zero-order valence-corrected chi connectivity index (χ0v) is 15.6. The molecular weight excluding hydrogens is 367 g/mol. The van der Waals surface area contributed by atoms with Crippen molar-refractivity contribution in [2.24, 2.45) is 0 Å². The summed E-state index contributed by atoms with van der Waals surface area (Å²) < 4.78 is 23.5. The van der Waals surface area contributed by atoms with Gasteiger partial charge in [0, 0.05) is 5.56 Å². The number of carbonyl (C=O) groups excluding carboxylic acids is 3. The number of urea groups is 1. The Morgan fingerprint density at radius 2 is 1.71 bits per heavy atom. The van der Waals surface area contributed by atoms with Gasteiger partial charge in [0.25, 0.3) is 5.91 Å². The summed E-state index contributed by atoms with van der Waals surface area (Å²) >= 11 is 0. The van der Waals surface area contributed by atoms with Gasteiger partial charge in [0.05, 0.1) is 20.8 Å². The number of imide groups is 1. The highest BCUT2D eigenvalue weighted by Crippen LogP contribution is 2.35. The van der Waals surface area contributed by atoms with Crippen molar-refractivity contribution >= 4 is 17.7 Å². The van der Waals surface area contributed by atoms with E-state index >= 15 is 0 Å². The molecule has 1 atom stereocenters. The van der Waals surface area contributed by atoms with Crippen molar-refractivity contribution in [2.45, 2.75) is 12.5 Å². The fraction of sp³-hybridized carbons (Fsp3) is 0.250. The van der Waals surface area contributed by atoms with Gasteiger partial charge >= 0.3 is 6.03 Å². The van der Waals surface area contributed by atoms with Gasteiger partial charge < -0.3 is 14.8 Å². The van der Waals surface area contributed by atoms with Crippen LogP contribution in [0.3, 0.4) is 0 Å². The van der Waals surface area contributed by atoms with Crippen LogP contribution in [0, 0.1) is 5.82 Å². The first-order valence-electron chi connectivity index (χ1n) is 8.45. The Balaban J connectivity index is 1.86. The van der Waals surface area contributed by atoms with Crippen molar-refractivity contribution in [3.8, 4) is 11.5 Å². The number of methoxy groups -OCH3 is 2. The molecule has 0 aliphatic carbocycles. The number of benzene rings is 2. The Labute approximate surface area is 161 Å². The van der Waals surface area contributed by atoms with E-state index < -0.39 is 35.6 Å². The van der Waals surface area contributed by atoms with E-state index in [1.165, 1.54) is 26.4 Å². The fourth-order valence-corrected chi connectivity index (χ4v) is 3.05. The number of halogens is 1. The van der Waals surface area contributed by atoms with Crippen LogP contribution in [0.25, 0.3) is 0 Å². The van der Waals surface area contributed by atoms with E-state index in [0.717, 1.165) is 17.0 Å². The van der Waals surface area contributed by atoms with Crippen LogP contribution in [0.2, 0.25) is 0 Å². The second kappa shape index (κ2) is 7.30. The predicted octanol–water partition coefficient (Wildman–Crippen LogP) is 2.49. The highest BCUT2D eigenvalue weighted by atomic mass is 19.1. The van der Waals surface area contributed by atoms with Gasteiger partial charge in [-0.1, -0.05) is 6.07 Å². The van der Waals surface area contributed by atoms with Gasteiger partial charge in [-0.15, -0.1) is 0 Å². The number of nitrogens with one attached hydrogen (secondary N) is 1. The number of carbonyl (C=O) groups is 3. The molecule has 8 heteroatoms. The SMILES string of the molecule is COc1ccc([C@]2(C)NC(=O)N(CC(=O)c3ccc(F)cc3)C2=O)cc1OC. The number of rotatable bonds is 6. The fourth-order valence-electron chi connectivity index (χ4n) is 3.05. The van der Waals surface area contributed by atoms with Gasteiger partial charge in [-0.05, 0) is 48.9 Å². The van der Waals surface area contributed by atoms with Crippen LogP contribution in [-0.2, 0) is 10.3 Å². The maximum atomic E-state index is 13.0. The summed E-state index contributed by atoms with van der Waals surface area (Å²) in [5.74, 6) is -0.633. The molecule has 1 aliphatic heterocycles. The van der Waals surface area contributed by atoms with Gasteiger partial charge in [-0.2, -0.15) is 0 Å². The molecule has 1 saturated heterocycles. The van der Waals surface area contributed by atoms with Gasteiger partial charge in [-0.25, -0.2) is 9.18 Å². The van der Waals surface area contributed by atoms with Crippen LogP contribution in [0.4, 0.5) is 9.18 Å². The lowest BCUT2D eigenvalue weighted by molar-refractivity contribution is -0.130. The molecule has 28 heavy (non-hydrogen) atoms. The molecule has 3 amide bonds. The molecule has 7 nitrogen and oxygen atoms in total. The Kier molecular flexibility index (Phi) is 5.04. The zero-order valence-electron chi connectivity index (χ0n) is 15.6. The maximum absolute atomic E-state index is 13.0. The normalized spacial score (nSPS) is 18.8. The number of ketones is 1. The first kappa shape index (κ1) is 19.3. The third-order valence-corrected chi connectivity index (χ3v) is 4.70. The third kappa shape index (κ3) is 3.28. The van der Waals surface area contributed by atoms with Crippen molar-refractivity contribution in [1.82, 2.24) is 10.2 Å². The Hall–Kier alpha value is -3.42. The average molecular weight is 386 g/mol. The maximum Gasteiger partial charge on any atom is 0.325 e. The number of ether oxygens (including phenoxy) is 2. The smallest absolute Gasteiger partial charge is 0.325 e. The molecule has 2 aromatic rings. The Morgan fingerprint density at radius 1 is 1.07 bits per heavy atom. The topological polar surface area (TPSA) is 84.9 Å². The molecule has 1 aliphatic rings. The summed E-state index contributed by atoms with van der Waals surface area (Å²) in [6, 6.07) is 9.10. The molecule has 1 heterocycles. The van der Waals surface area contributed by atoms with Crippen LogP contribution < -0.4 is 14.8 Å². The largest absolute Gasteiger partial charge is 0.493 e. The molecular formula is C20H19FN2O5. The summed E-state index contributed by atoms with van der Waals surface area (Å²) in [6.45, 7) is 1.11. The summed E-state index contributed by atoms with van der Waals surface area (Å²) in [7, 11) is 2.96. The highest BCUT2D eigenvalue weighted by molar-refractivity contribution is 6.11. The van der Waals surface area contributed by atoms with E-state index in [1.54, 1.807) is 25.1 Å². The van der Waals surface area contributed by atoms with Crippen LogP contribution in [0.1, 0.15) is 22.8 Å². The summed E-state index contributed by atoms with van der Waals surface area (Å²) in [5.41, 5.74) is -0.665. The predicted molar refractivity (Wildman–Crippen MR) is 97.9 cm³/mol. The lowest BCUT2D eigenvalue weighted by Gasteiger charge is -2.23. The monoisotopic (exact) mass is 386 g/mol. The first-order valence-corrected chi connectivity index (χ1v) is 8.45. The molecule has 1 fully saturated rings. The van der Waals surface area contributed by atoms with Crippen LogP contribution in [0.5, 0.6) is 11.5 Å². The molecule has 0 aromatic heterocycles.